The number of esters is 1. The van der Waals surface area contributed by atoms with Crippen molar-refractivity contribution in [2.24, 2.45) is 0 Å². The number of H-pyrrole nitrogens is 1. The van der Waals surface area contributed by atoms with Gasteiger partial charge >= 0.3 is 5.97 Å². The van der Waals surface area contributed by atoms with Crippen molar-refractivity contribution in [2.45, 2.75) is 44.8 Å². The molecule has 220 valence electrons. The lowest BCUT2D eigenvalue weighted by Gasteiger charge is -2.39. The van der Waals surface area contributed by atoms with E-state index in [9.17, 15) is 24.0 Å². The summed E-state index contributed by atoms with van der Waals surface area (Å²) in [5.74, 6) is -4.08. The number of fused-ring (bicyclic) bond motifs is 1. The van der Waals surface area contributed by atoms with Crippen LogP contribution < -0.4 is 5.32 Å². The smallest absolute Gasteiger partial charge is 0.338 e. The van der Waals surface area contributed by atoms with Gasteiger partial charge in [0.2, 0.25) is 0 Å². The van der Waals surface area contributed by atoms with Gasteiger partial charge in [0.05, 0.1) is 23.9 Å². The van der Waals surface area contributed by atoms with E-state index in [0.29, 0.717) is 35.2 Å². The van der Waals surface area contributed by atoms with Crippen molar-refractivity contribution in [1.82, 2.24) is 14.8 Å². The van der Waals surface area contributed by atoms with Crippen molar-refractivity contribution < 1.29 is 38.2 Å². The third kappa shape index (κ3) is 5.50. The van der Waals surface area contributed by atoms with Crippen molar-refractivity contribution in [3.8, 4) is 0 Å². The number of Topliss-reactive ketones (excluding diaryl/α,β-unsaturated/α-hetero) is 1. The first kappa shape index (κ1) is 29.0. The number of aromatic nitrogens is 1. The number of hydrogen-bond donors (Lipinski definition) is 2. The number of amides is 3. The molecule has 2 aliphatic heterocycles. The van der Waals surface area contributed by atoms with Gasteiger partial charge in [0.15, 0.2) is 18.0 Å². The lowest BCUT2D eigenvalue weighted by atomic mass is 10.1. The lowest BCUT2D eigenvalue weighted by Crippen LogP contribution is -2.56. The first-order chi connectivity index (χ1) is 20.0. The summed E-state index contributed by atoms with van der Waals surface area (Å²) in [5.41, 5.74) is 1.46. The zero-order chi connectivity index (χ0) is 30.2. The Kier molecular flexibility index (Phi) is 7.85. The highest BCUT2D eigenvalue weighted by atomic mass is 16.8. The van der Waals surface area contributed by atoms with Gasteiger partial charge in [-0.3, -0.25) is 19.2 Å². The van der Waals surface area contributed by atoms with Crippen LogP contribution in [0.2, 0.25) is 0 Å². The molecule has 12 heteroatoms. The van der Waals surface area contributed by atoms with Gasteiger partial charge in [0.1, 0.15) is 0 Å². The summed E-state index contributed by atoms with van der Waals surface area (Å²) in [6.07, 6.45) is -1.10. The molecule has 2 saturated heterocycles. The van der Waals surface area contributed by atoms with Crippen molar-refractivity contribution >= 4 is 46.1 Å². The number of rotatable bonds is 6. The second-order valence-electron chi connectivity index (χ2n) is 10.7. The molecule has 0 aliphatic carbocycles. The van der Waals surface area contributed by atoms with Crippen LogP contribution in [0.5, 0.6) is 0 Å². The van der Waals surface area contributed by atoms with Crippen LogP contribution in [-0.2, 0) is 28.6 Å². The van der Waals surface area contributed by atoms with Crippen LogP contribution in [0.15, 0.2) is 54.7 Å². The number of ketones is 1. The standard InChI is InChI=1S/C30H32N4O8/c1-17-16-33(27(37)18-9-6-5-7-10-18)13-14-34(17)28(38)23(35)20-15-31-22-19(20)11-8-12-21(22)32-26(36)24-25(29(39)40-4)42-30(2,3)41-24/h5-12,15,17,24-25,31H,13-14,16H2,1-4H3,(H,32,36)/t17-,24-,25-/m1/s1. The largest absolute Gasteiger partial charge is 0.467 e. The van der Waals surface area contributed by atoms with Gasteiger partial charge in [-0.05, 0) is 39.0 Å². The summed E-state index contributed by atoms with van der Waals surface area (Å²) in [6, 6.07) is 13.5. The zero-order valence-corrected chi connectivity index (χ0v) is 23.7. The number of nitrogens with one attached hydrogen (secondary N) is 2. The number of nitrogens with zero attached hydrogens (tertiary/aromatic N) is 2. The molecule has 2 fully saturated rings. The lowest BCUT2D eigenvalue weighted by molar-refractivity contribution is -0.168. The van der Waals surface area contributed by atoms with E-state index in [4.69, 9.17) is 14.2 Å². The van der Waals surface area contributed by atoms with Gasteiger partial charge < -0.3 is 34.3 Å². The van der Waals surface area contributed by atoms with Gasteiger partial charge in [-0.2, -0.15) is 0 Å². The second kappa shape index (κ2) is 11.4. The minimum absolute atomic E-state index is 0.122. The van der Waals surface area contributed by atoms with E-state index in [1.54, 1.807) is 68.1 Å². The molecular formula is C30H32N4O8. The van der Waals surface area contributed by atoms with E-state index in [2.05, 4.69) is 10.3 Å². The monoisotopic (exact) mass is 576 g/mol. The Morgan fingerprint density at radius 3 is 2.38 bits per heavy atom. The summed E-state index contributed by atoms with van der Waals surface area (Å²) in [5, 5.41) is 3.16. The van der Waals surface area contributed by atoms with Crippen LogP contribution in [0.25, 0.3) is 10.9 Å². The molecule has 0 unspecified atom stereocenters. The molecule has 0 spiro atoms. The summed E-state index contributed by atoms with van der Waals surface area (Å²) in [6.45, 7) is 5.79. The molecule has 2 aliphatic rings. The Balaban J connectivity index is 1.30. The summed E-state index contributed by atoms with van der Waals surface area (Å²) < 4.78 is 16.0. The van der Waals surface area contributed by atoms with E-state index >= 15 is 0 Å². The number of piperazine rings is 1. The van der Waals surface area contributed by atoms with Gasteiger partial charge in [0.25, 0.3) is 23.5 Å². The third-order valence-electron chi connectivity index (χ3n) is 7.40. The maximum absolute atomic E-state index is 13.4. The van der Waals surface area contributed by atoms with Crippen LogP contribution in [-0.4, -0.2) is 95.0 Å². The Morgan fingerprint density at radius 1 is 0.976 bits per heavy atom. The number of carbonyl (C=O) groups excluding carboxylic acids is 5. The van der Waals surface area contributed by atoms with Crippen LogP contribution in [0.3, 0.4) is 0 Å². The maximum atomic E-state index is 13.4. The average Bonchev–Trinajstić information content (AvgIpc) is 3.57. The van der Waals surface area contributed by atoms with E-state index < -0.39 is 41.6 Å². The van der Waals surface area contributed by atoms with Gasteiger partial charge in [0, 0.05) is 42.8 Å². The van der Waals surface area contributed by atoms with E-state index in [0.717, 1.165) is 0 Å². The van der Waals surface area contributed by atoms with Crippen LogP contribution in [0, 0.1) is 0 Å². The Morgan fingerprint density at radius 2 is 1.69 bits per heavy atom. The fourth-order valence-corrected chi connectivity index (χ4v) is 5.34. The number of carbonyl (C=O) groups is 5. The topological polar surface area (TPSA) is 147 Å². The van der Waals surface area contributed by atoms with Crippen LogP contribution in [0.1, 0.15) is 41.5 Å². The van der Waals surface area contributed by atoms with E-state index in [-0.39, 0.29) is 24.1 Å². The molecule has 3 aromatic rings. The molecule has 12 nitrogen and oxygen atoms in total. The maximum Gasteiger partial charge on any atom is 0.338 e. The fourth-order valence-electron chi connectivity index (χ4n) is 5.34. The van der Waals surface area contributed by atoms with Crippen molar-refractivity contribution in [2.75, 3.05) is 32.1 Å². The summed E-state index contributed by atoms with van der Waals surface area (Å²) in [4.78, 5) is 71.1. The normalized spacial score (nSPS) is 21.7. The number of anilines is 1. The highest BCUT2D eigenvalue weighted by molar-refractivity contribution is 6.45. The quantitative estimate of drug-likeness (QED) is 0.258. The molecule has 1 aromatic heterocycles. The molecular weight excluding hydrogens is 544 g/mol. The van der Waals surface area contributed by atoms with Crippen molar-refractivity contribution in [1.29, 1.82) is 0 Å². The summed E-state index contributed by atoms with van der Waals surface area (Å²) in [7, 11) is 1.19. The SMILES string of the molecule is COC(=O)[C@@H]1OC(C)(C)O[C@H]1C(=O)Nc1cccc2c(C(=O)C(=O)N3CCN(C(=O)c4ccccc4)C[C@H]3C)c[nH]c12. The van der Waals surface area contributed by atoms with Crippen molar-refractivity contribution in [3.05, 3.63) is 65.9 Å². The molecule has 3 atom stereocenters. The second-order valence-corrected chi connectivity index (χ2v) is 10.7. The van der Waals surface area contributed by atoms with E-state index in [1.807, 2.05) is 6.07 Å². The van der Waals surface area contributed by atoms with Crippen LogP contribution in [0.4, 0.5) is 5.69 Å². The molecule has 0 radical (unpaired) electrons. The number of methoxy groups -OCH3 is 1. The highest BCUT2D eigenvalue weighted by Gasteiger charge is 2.49. The summed E-state index contributed by atoms with van der Waals surface area (Å²) >= 11 is 0. The first-order valence-corrected chi connectivity index (χ1v) is 13.5. The van der Waals surface area contributed by atoms with Gasteiger partial charge in [-0.1, -0.05) is 30.3 Å². The number of aromatic amines is 1. The van der Waals surface area contributed by atoms with E-state index in [1.165, 1.54) is 18.2 Å². The molecule has 2 aromatic carbocycles. The molecule has 42 heavy (non-hydrogen) atoms. The first-order valence-electron chi connectivity index (χ1n) is 13.5. The Hall–Kier alpha value is -4.55. The minimum atomic E-state index is -1.27. The van der Waals surface area contributed by atoms with Crippen molar-refractivity contribution in [3.63, 3.8) is 0 Å². The predicted molar refractivity (Wildman–Crippen MR) is 151 cm³/mol. The Bertz CT molecular complexity index is 1550. The molecule has 0 saturated carbocycles. The number of ether oxygens (including phenoxy) is 3. The fraction of sp³-hybridized carbons (Fsp3) is 0.367. The molecule has 3 amide bonds. The van der Waals surface area contributed by atoms with Gasteiger partial charge in [-0.25, -0.2) is 4.79 Å². The average molecular weight is 577 g/mol. The predicted octanol–water partition coefficient (Wildman–Crippen LogP) is 2.36. The molecule has 5 rings (SSSR count). The molecule has 2 N–H and O–H groups in total. The molecule has 3 heterocycles. The van der Waals surface area contributed by atoms with Gasteiger partial charge in [-0.15, -0.1) is 0 Å². The van der Waals surface area contributed by atoms with Crippen LogP contribution >= 0.6 is 0 Å². The minimum Gasteiger partial charge on any atom is -0.467 e. The zero-order valence-electron chi connectivity index (χ0n) is 23.7. The molecule has 0 bridgehead atoms. The number of hydrogen-bond acceptors (Lipinski definition) is 8. The third-order valence-corrected chi connectivity index (χ3v) is 7.40. The number of benzene rings is 2. The number of para-hydroxylation sites is 1. The Labute approximate surface area is 241 Å². The highest BCUT2D eigenvalue weighted by Crippen LogP contribution is 2.31.